The fraction of sp³-hybridized carbons (Fsp3) is 0.444. The molecule has 1 unspecified atom stereocenters. The van der Waals surface area contributed by atoms with E-state index >= 15 is 0 Å². The molecule has 1 aliphatic carbocycles. The lowest BCUT2D eigenvalue weighted by Crippen LogP contribution is -2.44. The predicted octanol–water partition coefficient (Wildman–Crippen LogP) is 4.26. The van der Waals surface area contributed by atoms with Crippen LogP contribution < -0.4 is 5.32 Å². The van der Waals surface area contributed by atoms with E-state index in [1.165, 1.54) is 22.3 Å². The van der Waals surface area contributed by atoms with Gasteiger partial charge in [-0.15, -0.1) is 0 Å². The average molecular weight is 465 g/mol. The highest BCUT2D eigenvalue weighted by Gasteiger charge is 2.30. The summed E-state index contributed by atoms with van der Waals surface area (Å²) in [5, 5.41) is 12.0. The van der Waals surface area contributed by atoms with Crippen LogP contribution in [0.2, 0.25) is 0 Å². The van der Waals surface area contributed by atoms with Crippen molar-refractivity contribution < 1.29 is 24.2 Å². The second kappa shape index (κ2) is 10.7. The maximum atomic E-state index is 12.7. The van der Waals surface area contributed by atoms with E-state index in [4.69, 9.17) is 4.74 Å². The lowest BCUT2D eigenvalue weighted by molar-refractivity contribution is -0.146. The van der Waals surface area contributed by atoms with Gasteiger partial charge in [0, 0.05) is 31.5 Å². The van der Waals surface area contributed by atoms with Gasteiger partial charge in [-0.2, -0.15) is 0 Å². The lowest BCUT2D eigenvalue weighted by atomic mass is 9.96. The molecule has 2 amide bonds. The zero-order valence-corrected chi connectivity index (χ0v) is 19.5. The summed E-state index contributed by atoms with van der Waals surface area (Å²) in [4.78, 5) is 37.9. The summed E-state index contributed by atoms with van der Waals surface area (Å²) in [5.41, 5.74) is 4.72. The molecule has 4 rings (SSSR count). The van der Waals surface area contributed by atoms with Crippen LogP contribution in [-0.2, 0) is 14.3 Å². The first-order valence-corrected chi connectivity index (χ1v) is 12.1. The van der Waals surface area contributed by atoms with Gasteiger partial charge in [-0.3, -0.25) is 9.59 Å². The Morgan fingerprint density at radius 3 is 2.38 bits per heavy atom. The maximum absolute atomic E-state index is 12.7. The van der Waals surface area contributed by atoms with Gasteiger partial charge in [0.15, 0.2) is 0 Å². The van der Waals surface area contributed by atoms with Crippen LogP contribution in [0.15, 0.2) is 48.5 Å². The van der Waals surface area contributed by atoms with E-state index in [9.17, 15) is 19.5 Å². The number of aliphatic carboxylic acids is 1. The molecular weight excluding hydrogens is 432 g/mol. The number of carbonyl (C=O) groups excluding carboxylic acids is 2. The number of hydrogen-bond acceptors (Lipinski definition) is 4. The minimum absolute atomic E-state index is 0.00732. The van der Waals surface area contributed by atoms with Gasteiger partial charge >= 0.3 is 12.1 Å². The molecular formula is C27H32N2O5. The van der Waals surface area contributed by atoms with Gasteiger partial charge in [0.2, 0.25) is 5.91 Å². The standard InChI is InChI=1S/C27H32N2O5/c1-18(25(30)29-15-7-9-19(16-29)26(31)32)8-6-14-28-27(33)34-17-24-22-12-4-2-10-20(22)21-11-3-5-13-23(21)24/h2-5,10-13,18-19,24H,6-9,14-17H2,1H3,(H,28,33)(H,31,32)/t18?,19-/m1/s1. The number of amides is 2. The predicted molar refractivity (Wildman–Crippen MR) is 128 cm³/mol. The Labute approximate surface area is 200 Å². The number of carboxylic acid groups (broad SMARTS) is 1. The first-order valence-electron chi connectivity index (χ1n) is 12.1. The highest BCUT2D eigenvalue weighted by atomic mass is 16.5. The number of likely N-dealkylation sites (tertiary alicyclic amines) is 1. The summed E-state index contributed by atoms with van der Waals surface area (Å²) in [5.74, 6) is -1.50. The number of nitrogens with one attached hydrogen (secondary N) is 1. The number of hydrogen-bond donors (Lipinski definition) is 2. The number of carbonyl (C=O) groups is 3. The quantitative estimate of drug-likeness (QED) is 0.569. The topological polar surface area (TPSA) is 95.9 Å². The van der Waals surface area contributed by atoms with Crippen molar-refractivity contribution in [2.24, 2.45) is 11.8 Å². The molecule has 7 heteroatoms. The Kier molecular flexibility index (Phi) is 7.50. The molecule has 180 valence electrons. The molecule has 0 aromatic heterocycles. The van der Waals surface area contributed by atoms with Crippen molar-refractivity contribution in [1.29, 1.82) is 0 Å². The van der Waals surface area contributed by atoms with Crippen molar-refractivity contribution in [2.45, 2.75) is 38.5 Å². The third kappa shape index (κ3) is 5.24. The summed E-state index contributed by atoms with van der Waals surface area (Å²) < 4.78 is 5.54. The van der Waals surface area contributed by atoms with Crippen molar-refractivity contribution >= 4 is 18.0 Å². The summed E-state index contributed by atoms with van der Waals surface area (Å²) in [6, 6.07) is 16.4. The van der Waals surface area contributed by atoms with Crippen LogP contribution in [0.4, 0.5) is 4.79 Å². The van der Waals surface area contributed by atoms with E-state index in [0.717, 1.165) is 6.42 Å². The maximum Gasteiger partial charge on any atom is 0.407 e. The van der Waals surface area contributed by atoms with Gasteiger partial charge in [0.1, 0.15) is 6.61 Å². The molecule has 1 aliphatic heterocycles. The highest BCUT2D eigenvalue weighted by Crippen LogP contribution is 2.44. The van der Waals surface area contributed by atoms with Gasteiger partial charge in [0.05, 0.1) is 5.92 Å². The number of alkyl carbamates (subject to hydrolysis) is 1. The second-order valence-electron chi connectivity index (χ2n) is 9.26. The number of rotatable bonds is 8. The number of benzene rings is 2. The van der Waals surface area contributed by atoms with E-state index in [1.54, 1.807) is 4.90 Å². The van der Waals surface area contributed by atoms with Gasteiger partial charge in [-0.25, -0.2) is 4.79 Å². The van der Waals surface area contributed by atoms with Crippen molar-refractivity contribution in [3.63, 3.8) is 0 Å². The third-order valence-corrected chi connectivity index (χ3v) is 6.93. The Balaban J connectivity index is 1.20. The van der Waals surface area contributed by atoms with Gasteiger partial charge in [-0.1, -0.05) is 55.5 Å². The molecule has 1 fully saturated rings. The first-order chi connectivity index (χ1) is 16.5. The number of fused-ring (bicyclic) bond motifs is 3. The van der Waals surface area contributed by atoms with Gasteiger partial charge in [-0.05, 0) is 47.9 Å². The van der Waals surface area contributed by atoms with Crippen LogP contribution in [0, 0.1) is 11.8 Å². The van der Waals surface area contributed by atoms with Crippen molar-refractivity contribution in [2.75, 3.05) is 26.2 Å². The largest absolute Gasteiger partial charge is 0.481 e. The van der Waals surface area contributed by atoms with Crippen LogP contribution in [0.25, 0.3) is 11.1 Å². The van der Waals surface area contributed by atoms with Crippen LogP contribution in [0.5, 0.6) is 0 Å². The summed E-state index contributed by atoms with van der Waals surface area (Å²) in [6.45, 7) is 3.46. The fourth-order valence-electron chi connectivity index (χ4n) is 5.06. The van der Waals surface area contributed by atoms with Crippen molar-refractivity contribution in [1.82, 2.24) is 10.2 Å². The number of ether oxygens (including phenoxy) is 1. The lowest BCUT2D eigenvalue weighted by Gasteiger charge is -2.32. The Morgan fingerprint density at radius 1 is 1.09 bits per heavy atom. The number of piperidine rings is 1. The fourth-order valence-corrected chi connectivity index (χ4v) is 5.06. The van der Waals surface area contributed by atoms with Crippen molar-refractivity contribution in [3.05, 3.63) is 59.7 Å². The minimum Gasteiger partial charge on any atom is -0.481 e. The summed E-state index contributed by atoms with van der Waals surface area (Å²) in [7, 11) is 0. The molecule has 2 aromatic carbocycles. The molecule has 2 N–H and O–H groups in total. The van der Waals surface area contributed by atoms with E-state index in [-0.39, 0.29) is 30.9 Å². The average Bonchev–Trinajstić information content (AvgIpc) is 3.18. The van der Waals surface area contributed by atoms with Crippen molar-refractivity contribution in [3.8, 4) is 11.1 Å². The van der Waals surface area contributed by atoms with Crippen LogP contribution in [0.1, 0.15) is 49.7 Å². The SMILES string of the molecule is CC(CCCNC(=O)OCC1c2ccccc2-c2ccccc21)C(=O)N1CCC[C@@H](C(=O)O)C1. The normalized spacial score (nSPS) is 18.0. The molecule has 2 aliphatic rings. The van der Waals surface area contributed by atoms with Gasteiger partial charge < -0.3 is 20.1 Å². The van der Waals surface area contributed by atoms with E-state index in [2.05, 4.69) is 29.6 Å². The molecule has 0 bridgehead atoms. The zero-order valence-electron chi connectivity index (χ0n) is 19.5. The second-order valence-corrected chi connectivity index (χ2v) is 9.26. The van der Waals surface area contributed by atoms with Gasteiger partial charge in [0.25, 0.3) is 0 Å². The molecule has 1 heterocycles. The molecule has 34 heavy (non-hydrogen) atoms. The molecule has 0 radical (unpaired) electrons. The Morgan fingerprint density at radius 2 is 1.74 bits per heavy atom. The smallest absolute Gasteiger partial charge is 0.407 e. The van der Waals surface area contributed by atoms with E-state index < -0.39 is 18.0 Å². The number of nitrogens with zero attached hydrogens (tertiary/aromatic N) is 1. The molecule has 0 spiro atoms. The van der Waals surface area contributed by atoms with Crippen LogP contribution in [0.3, 0.4) is 0 Å². The zero-order chi connectivity index (χ0) is 24.1. The monoisotopic (exact) mass is 464 g/mol. The molecule has 7 nitrogen and oxygen atoms in total. The summed E-state index contributed by atoms with van der Waals surface area (Å²) in [6.07, 6.45) is 2.15. The van der Waals surface area contributed by atoms with E-state index in [1.807, 2.05) is 31.2 Å². The first kappa shape index (κ1) is 23.8. The minimum atomic E-state index is -0.836. The Bertz CT molecular complexity index is 1010. The molecule has 0 saturated carbocycles. The van der Waals surface area contributed by atoms with E-state index in [0.29, 0.717) is 32.4 Å². The third-order valence-electron chi connectivity index (χ3n) is 6.93. The molecule has 2 aromatic rings. The van der Waals surface area contributed by atoms with Crippen LogP contribution in [-0.4, -0.2) is 54.2 Å². The molecule has 1 saturated heterocycles. The Hall–Kier alpha value is -3.35. The van der Waals surface area contributed by atoms with Crippen LogP contribution >= 0.6 is 0 Å². The highest BCUT2D eigenvalue weighted by molar-refractivity contribution is 5.80. The number of carboxylic acids is 1. The molecule has 2 atom stereocenters. The summed E-state index contributed by atoms with van der Waals surface area (Å²) >= 11 is 0.